The summed E-state index contributed by atoms with van der Waals surface area (Å²) in [4.78, 5) is 0. The van der Waals surface area contributed by atoms with E-state index >= 15 is 0 Å². The molecule has 0 aromatic rings. The second kappa shape index (κ2) is 8.99. The number of oxime groups is 1. The molecule has 0 spiro atoms. The molecule has 0 saturated carbocycles. The first-order chi connectivity index (χ1) is 3.27. The molecule has 0 aliphatic carbocycles. The summed E-state index contributed by atoms with van der Waals surface area (Å²) in [7, 11) is 0. The monoisotopic (exact) mass is 104 g/mol. The largest absolute Gasteiger partial charge is 0.409 e. The molecule has 0 unspecified atom stereocenters. The number of nitrogens with zero attached hydrogens (tertiary/aromatic N) is 1. The van der Waals surface area contributed by atoms with Crippen LogP contribution in [0.15, 0.2) is 5.16 Å². The van der Waals surface area contributed by atoms with Gasteiger partial charge < -0.3 is 10.9 Å². The highest BCUT2D eigenvalue weighted by Gasteiger charge is 1.64. The Kier molecular flexibility index (Phi) is 12.3. The zero-order valence-corrected chi connectivity index (χ0v) is 4.97. The van der Waals surface area contributed by atoms with Gasteiger partial charge in [0.1, 0.15) is 5.84 Å². The third-order valence-electron chi connectivity index (χ3n) is 0.158. The highest BCUT2D eigenvalue weighted by Crippen LogP contribution is 1.51. The van der Waals surface area contributed by atoms with E-state index in [9.17, 15) is 0 Å². The first kappa shape index (κ1) is 9.55. The molecule has 0 atom stereocenters. The molecule has 7 heavy (non-hydrogen) atoms. The summed E-state index contributed by atoms with van der Waals surface area (Å²) in [5.74, 6) is 0.185. The van der Waals surface area contributed by atoms with Crippen molar-refractivity contribution in [2.45, 2.75) is 20.8 Å². The molecule has 0 heterocycles. The van der Waals surface area contributed by atoms with Gasteiger partial charge >= 0.3 is 0 Å². The van der Waals surface area contributed by atoms with E-state index in [0.29, 0.717) is 0 Å². The quantitative estimate of drug-likeness (QED) is 0.206. The molecule has 0 aliphatic heterocycles. The van der Waals surface area contributed by atoms with E-state index in [4.69, 9.17) is 10.9 Å². The van der Waals surface area contributed by atoms with Gasteiger partial charge in [-0.25, -0.2) is 0 Å². The molecule has 44 valence electrons. The van der Waals surface area contributed by atoms with Gasteiger partial charge in [-0.3, -0.25) is 0 Å². The Morgan fingerprint density at radius 3 is 1.71 bits per heavy atom. The van der Waals surface area contributed by atoms with Crippen molar-refractivity contribution in [3.63, 3.8) is 0 Å². The van der Waals surface area contributed by atoms with Crippen molar-refractivity contribution in [2.75, 3.05) is 0 Å². The van der Waals surface area contributed by atoms with Gasteiger partial charge in [-0.15, -0.1) is 0 Å². The molecule has 0 bridgehead atoms. The summed E-state index contributed by atoms with van der Waals surface area (Å²) in [6.45, 7) is 5.50. The van der Waals surface area contributed by atoms with Crippen LogP contribution in [0, 0.1) is 0 Å². The van der Waals surface area contributed by atoms with Crippen LogP contribution in [0.3, 0.4) is 0 Å². The minimum Gasteiger partial charge on any atom is -0.409 e. The Balaban J connectivity index is 0. The number of amidine groups is 1. The van der Waals surface area contributed by atoms with Crippen LogP contribution >= 0.6 is 0 Å². The Morgan fingerprint density at radius 2 is 1.71 bits per heavy atom. The lowest BCUT2D eigenvalue weighted by atomic mass is 10.7. The number of hydrogen-bond donors (Lipinski definition) is 2. The van der Waals surface area contributed by atoms with E-state index in [-0.39, 0.29) is 5.84 Å². The Morgan fingerprint density at radius 1 is 1.57 bits per heavy atom. The van der Waals surface area contributed by atoms with Crippen LogP contribution in [0.1, 0.15) is 20.8 Å². The van der Waals surface area contributed by atoms with E-state index in [2.05, 4.69) is 5.16 Å². The summed E-state index contributed by atoms with van der Waals surface area (Å²) in [6.07, 6.45) is 0. The van der Waals surface area contributed by atoms with Gasteiger partial charge in [0, 0.05) is 0 Å². The summed E-state index contributed by atoms with van der Waals surface area (Å²) in [5.41, 5.74) is 4.79. The maximum absolute atomic E-state index is 7.61. The summed E-state index contributed by atoms with van der Waals surface area (Å²) >= 11 is 0. The van der Waals surface area contributed by atoms with Crippen LogP contribution in [0.4, 0.5) is 0 Å². The van der Waals surface area contributed by atoms with Crippen molar-refractivity contribution in [1.29, 1.82) is 0 Å². The molecule has 0 rings (SSSR count). The molecule has 0 aromatic carbocycles. The molecule has 0 aromatic heterocycles. The van der Waals surface area contributed by atoms with Gasteiger partial charge in [0.25, 0.3) is 0 Å². The lowest BCUT2D eigenvalue weighted by molar-refractivity contribution is 0.318. The van der Waals surface area contributed by atoms with Gasteiger partial charge in [-0.1, -0.05) is 19.0 Å². The Hall–Kier alpha value is -0.730. The molecule has 0 saturated heterocycles. The molecule has 0 fully saturated rings. The van der Waals surface area contributed by atoms with E-state index < -0.39 is 0 Å². The summed E-state index contributed by atoms with van der Waals surface area (Å²) < 4.78 is 0. The maximum atomic E-state index is 7.61. The highest BCUT2D eigenvalue weighted by atomic mass is 16.4. The third-order valence-corrected chi connectivity index (χ3v) is 0.158. The lowest BCUT2D eigenvalue weighted by Crippen LogP contribution is -2.03. The first-order valence-electron chi connectivity index (χ1n) is 2.21. The van der Waals surface area contributed by atoms with E-state index in [1.807, 2.05) is 13.8 Å². The van der Waals surface area contributed by atoms with Gasteiger partial charge in [0.05, 0.1) is 0 Å². The smallest absolute Gasteiger partial charge is 0.135 e. The van der Waals surface area contributed by atoms with Crippen molar-refractivity contribution in [2.24, 2.45) is 10.9 Å². The number of nitrogens with two attached hydrogens (primary N) is 1. The zero-order chi connectivity index (χ0) is 6.28. The molecular formula is C4H12N2O. The zero-order valence-electron chi connectivity index (χ0n) is 4.97. The van der Waals surface area contributed by atoms with Gasteiger partial charge in [0.15, 0.2) is 0 Å². The fraction of sp³-hybridized carbons (Fsp3) is 0.750. The minimum absolute atomic E-state index is 0.185. The minimum atomic E-state index is 0.185. The van der Waals surface area contributed by atoms with Crippen LogP contribution < -0.4 is 5.73 Å². The second-order valence-electron chi connectivity index (χ2n) is 0.741. The van der Waals surface area contributed by atoms with E-state index in [1.54, 1.807) is 0 Å². The SMILES string of the molecule is C/C(N)=N/O.CC. The average Bonchev–Trinajstić information content (AvgIpc) is 1.73. The third kappa shape index (κ3) is 34.9. The van der Waals surface area contributed by atoms with Gasteiger partial charge in [-0.05, 0) is 6.92 Å². The second-order valence-corrected chi connectivity index (χ2v) is 0.741. The van der Waals surface area contributed by atoms with Crippen molar-refractivity contribution in [3.05, 3.63) is 0 Å². The summed E-state index contributed by atoms with van der Waals surface area (Å²) in [6, 6.07) is 0. The van der Waals surface area contributed by atoms with Crippen LogP contribution in [0.2, 0.25) is 0 Å². The predicted octanol–water partition coefficient (Wildman–Crippen LogP) is 0.779. The topological polar surface area (TPSA) is 58.6 Å². The Bertz CT molecular complexity index is 47.7. The normalized spacial score (nSPS) is 9.29. The molecule has 3 N–H and O–H groups in total. The standard InChI is InChI=1S/C2H6N2O.C2H6/c1-2(3)4-5;1-2/h5H,1H3,(H2,3,4);1-2H3. The fourth-order valence-corrected chi connectivity index (χ4v) is 0. The van der Waals surface area contributed by atoms with Crippen molar-refractivity contribution in [3.8, 4) is 0 Å². The van der Waals surface area contributed by atoms with E-state index in [1.165, 1.54) is 6.92 Å². The molecule has 0 amide bonds. The lowest BCUT2D eigenvalue weighted by Gasteiger charge is -1.73. The first-order valence-corrected chi connectivity index (χ1v) is 2.21. The maximum Gasteiger partial charge on any atom is 0.135 e. The van der Waals surface area contributed by atoms with Crippen LogP contribution in [-0.2, 0) is 0 Å². The molecule has 3 heteroatoms. The number of hydrogen-bond acceptors (Lipinski definition) is 2. The van der Waals surface area contributed by atoms with E-state index in [0.717, 1.165) is 0 Å². The van der Waals surface area contributed by atoms with Crippen LogP contribution in [-0.4, -0.2) is 11.0 Å². The van der Waals surface area contributed by atoms with Crippen molar-refractivity contribution < 1.29 is 5.21 Å². The van der Waals surface area contributed by atoms with Crippen LogP contribution in [0.5, 0.6) is 0 Å². The fourth-order valence-electron chi connectivity index (χ4n) is 0. The average molecular weight is 104 g/mol. The molecule has 3 nitrogen and oxygen atoms in total. The van der Waals surface area contributed by atoms with Gasteiger partial charge in [-0.2, -0.15) is 0 Å². The predicted molar refractivity (Wildman–Crippen MR) is 30.4 cm³/mol. The molecule has 0 aliphatic rings. The molecule has 0 radical (unpaired) electrons. The number of rotatable bonds is 0. The van der Waals surface area contributed by atoms with Gasteiger partial charge in [0.2, 0.25) is 0 Å². The van der Waals surface area contributed by atoms with Crippen molar-refractivity contribution in [1.82, 2.24) is 0 Å². The van der Waals surface area contributed by atoms with Crippen LogP contribution in [0.25, 0.3) is 0 Å². The van der Waals surface area contributed by atoms with Crippen molar-refractivity contribution >= 4 is 5.84 Å². The highest BCUT2D eigenvalue weighted by molar-refractivity contribution is 5.76. The summed E-state index contributed by atoms with van der Waals surface area (Å²) in [5, 5.41) is 10.2. The molecular weight excluding hydrogens is 92.1 g/mol. The Labute approximate surface area is 43.8 Å².